The molecule has 0 fully saturated rings. The minimum absolute atomic E-state index is 0.0881. The number of halogens is 4. The van der Waals surface area contributed by atoms with Crippen LogP contribution in [0.15, 0.2) is 126 Å². The summed E-state index contributed by atoms with van der Waals surface area (Å²) in [4.78, 5) is 33.2. The molecule has 16 heteroatoms. The van der Waals surface area contributed by atoms with Gasteiger partial charge >= 0.3 is 0 Å². The Bertz CT molecular complexity index is 3250. The third-order valence-corrected chi connectivity index (χ3v) is 11.2. The second-order valence-corrected chi connectivity index (χ2v) is 15.5. The van der Waals surface area contributed by atoms with Crippen molar-refractivity contribution in [2.75, 3.05) is 55.7 Å². The van der Waals surface area contributed by atoms with Crippen LogP contribution >= 0.6 is 11.6 Å². The number of aromatic amines is 1. The van der Waals surface area contributed by atoms with E-state index in [-0.39, 0.29) is 28.7 Å². The van der Waals surface area contributed by atoms with E-state index in [0.717, 1.165) is 57.9 Å². The number of aromatic nitrogens is 2. The molecule has 1 amide bonds. The van der Waals surface area contributed by atoms with E-state index < -0.39 is 17.5 Å². The van der Waals surface area contributed by atoms with E-state index >= 15 is 0 Å². The van der Waals surface area contributed by atoms with Crippen LogP contribution in [-0.4, -0.2) is 76.5 Å². The van der Waals surface area contributed by atoms with Crippen LogP contribution in [0.25, 0.3) is 44.1 Å². The van der Waals surface area contributed by atoms with E-state index in [4.69, 9.17) is 40.5 Å². The Morgan fingerprint density at radius 1 is 0.620 bits per heavy atom. The molecule has 0 aliphatic rings. The number of amides is 1. The minimum Gasteiger partial charge on any atom is -0.497 e. The number of benzene rings is 6. The number of hydrogen-bond acceptors (Lipinski definition) is 10. The van der Waals surface area contributed by atoms with Crippen molar-refractivity contribution < 1.29 is 46.4 Å². The van der Waals surface area contributed by atoms with Crippen molar-refractivity contribution in [1.29, 1.82) is 5.26 Å². The molecule has 71 heavy (non-hydrogen) atoms. The standard InChI is InChI=1S/C17H13ClFNO2.C17H14FNO3.C13H19NO2.C8H6FNO/c1-21-12-4-5-13-11(7-12)9-15(20-17(13)18)10-3-6-16(22-2)14(19)8-10;1-21-12-4-5-13-11(7-12)9-15(19-17(13)20)10-3-6-16(22-2)14(18)8-10;1-5-14(6-2)13(15)12-8-7-11(16-4)9-10(12)3;1-11-8-3-2-6(5-10)4-7(8)9/h3-9H,1-2H3;3-9H,1-2H3,(H,19,20);7-9H,5-6H2,1-4H3;2-4H,1H3. The highest BCUT2D eigenvalue weighted by molar-refractivity contribution is 6.34. The van der Waals surface area contributed by atoms with Crippen molar-refractivity contribution >= 4 is 39.1 Å². The maximum absolute atomic E-state index is 13.9. The molecule has 0 aliphatic heterocycles. The maximum Gasteiger partial charge on any atom is 0.256 e. The summed E-state index contributed by atoms with van der Waals surface area (Å²) in [6.07, 6.45) is 0. The van der Waals surface area contributed by atoms with Crippen LogP contribution in [0.4, 0.5) is 13.2 Å². The fraction of sp³-hybridized carbons (Fsp3) is 0.200. The van der Waals surface area contributed by atoms with Crippen LogP contribution in [0, 0.1) is 35.7 Å². The third-order valence-electron chi connectivity index (χ3n) is 10.9. The highest BCUT2D eigenvalue weighted by Gasteiger charge is 2.16. The Labute approximate surface area is 414 Å². The predicted molar refractivity (Wildman–Crippen MR) is 271 cm³/mol. The molecule has 12 nitrogen and oxygen atoms in total. The second-order valence-electron chi connectivity index (χ2n) is 15.2. The molecular weight excluding hydrogens is 937 g/mol. The summed E-state index contributed by atoms with van der Waals surface area (Å²) in [6, 6.07) is 35.0. The quantitative estimate of drug-likeness (QED) is 0.124. The monoisotopic (exact) mass is 988 g/mol. The van der Waals surface area contributed by atoms with Crippen molar-refractivity contribution in [3.63, 3.8) is 0 Å². The molecule has 8 rings (SSSR count). The predicted octanol–water partition coefficient (Wildman–Crippen LogP) is 12.3. The fourth-order valence-electron chi connectivity index (χ4n) is 7.08. The minimum atomic E-state index is -0.508. The number of rotatable bonds is 11. The van der Waals surface area contributed by atoms with E-state index in [0.29, 0.717) is 44.4 Å². The van der Waals surface area contributed by atoms with Crippen LogP contribution in [0.2, 0.25) is 5.15 Å². The normalized spacial score (nSPS) is 10.3. The van der Waals surface area contributed by atoms with Crippen molar-refractivity contribution in [3.05, 3.63) is 171 Å². The van der Waals surface area contributed by atoms with E-state index in [1.807, 2.05) is 74.2 Å². The van der Waals surface area contributed by atoms with Gasteiger partial charge in [-0.25, -0.2) is 18.2 Å². The Kier molecular flexibility index (Phi) is 19.2. The fourth-order valence-corrected chi connectivity index (χ4v) is 7.34. The van der Waals surface area contributed by atoms with Gasteiger partial charge in [0.1, 0.15) is 22.4 Å². The summed E-state index contributed by atoms with van der Waals surface area (Å²) in [6.45, 7) is 7.38. The summed E-state index contributed by atoms with van der Waals surface area (Å²) >= 11 is 6.24. The van der Waals surface area contributed by atoms with Gasteiger partial charge in [-0.3, -0.25) is 9.59 Å². The zero-order chi connectivity index (χ0) is 51.8. The lowest BCUT2D eigenvalue weighted by atomic mass is 10.1. The number of carbonyl (C=O) groups is 1. The lowest BCUT2D eigenvalue weighted by molar-refractivity contribution is 0.0772. The molecule has 1 N–H and O–H groups in total. The molecular formula is C55H52ClF3N4O8. The molecule has 0 unspecified atom stereocenters. The lowest BCUT2D eigenvalue weighted by Gasteiger charge is -2.19. The molecule has 368 valence electrons. The largest absolute Gasteiger partial charge is 0.497 e. The maximum atomic E-state index is 13.9. The molecule has 0 saturated carbocycles. The molecule has 0 atom stereocenters. The van der Waals surface area contributed by atoms with Gasteiger partial charge in [-0.1, -0.05) is 11.6 Å². The highest BCUT2D eigenvalue weighted by Crippen LogP contribution is 2.32. The third kappa shape index (κ3) is 13.5. The number of methoxy groups -OCH3 is 6. The molecule has 6 aromatic carbocycles. The Hall–Kier alpha value is -8.22. The van der Waals surface area contributed by atoms with Crippen LogP contribution in [0.5, 0.6) is 34.5 Å². The Balaban J connectivity index is 0.000000182. The highest BCUT2D eigenvalue weighted by atomic mass is 35.5. The van der Waals surface area contributed by atoms with Crippen LogP contribution < -0.4 is 34.0 Å². The van der Waals surface area contributed by atoms with Gasteiger partial charge in [0.15, 0.2) is 34.7 Å². The number of H-pyrrole nitrogens is 1. The summed E-state index contributed by atoms with van der Waals surface area (Å²) in [5.74, 6) is 1.34. The number of nitriles is 1. The van der Waals surface area contributed by atoms with E-state index in [1.165, 1.54) is 51.7 Å². The molecule has 0 aliphatic carbocycles. The second kappa shape index (κ2) is 25.4. The van der Waals surface area contributed by atoms with Crippen molar-refractivity contribution in [2.45, 2.75) is 20.8 Å². The number of aryl methyl sites for hydroxylation is 1. The van der Waals surface area contributed by atoms with Gasteiger partial charge in [0.2, 0.25) is 0 Å². The Morgan fingerprint density at radius 3 is 1.62 bits per heavy atom. The summed E-state index contributed by atoms with van der Waals surface area (Å²) in [7, 11) is 9.00. The van der Waals surface area contributed by atoms with Crippen LogP contribution in [0.1, 0.15) is 35.3 Å². The molecule has 0 bridgehead atoms. The van der Waals surface area contributed by atoms with Crippen molar-refractivity contribution in [2.24, 2.45) is 0 Å². The van der Waals surface area contributed by atoms with Gasteiger partial charge in [0.05, 0.1) is 60.0 Å². The van der Waals surface area contributed by atoms with E-state index in [9.17, 15) is 22.8 Å². The number of ether oxygens (including phenoxy) is 6. The first-order valence-electron chi connectivity index (χ1n) is 21.9. The van der Waals surface area contributed by atoms with Gasteiger partial charge in [-0.05, 0) is 158 Å². The van der Waals surface area contributed by atoms with E-state index in [2.05, 4.69) is 14.7 Å². The SMILES string of the molecule is CCN(CC)C(=O)c1ccc(OC)cc1C.COc1ccc(C#N)cc1F.COc1ccc2c(=O)[nH]c(-c3ccc(OC)c(F)c3)cc2c1.COc1ccc2c(Cl)nc(-c3ccc(OC)c(F)c3)cc2c1. The molecule has 0 saturated heterocycles. The van der Waals surface area contributed by atoms with Crippen molar-refractivity contribution in [1.82, 2.24) is 14.9 Å². The van der Waals surface area contributed by atoms with Gasteiger partial charge < -0.3 is 38.3 Å². The first kappa shape index (κ1) is 53.7. The van der Waals surface area contributed by atoms with Crippen molar-refractivity contribution in [3.8, 4) is 63.1 Å². The average Bonchev–Trinajstić information content (AvgIpc) is 3.38. The summed E-state index contributed by atoms with van der Waals surface area (Å²) in [5, 5.41) is 11.7. The van der Waals surface area contributed by atoms with Gasteiger partial charge in [0, 0.05) is 46.2 Å². The number of fused-ring (bicyclic) bond motifs is 2. The number of pyridine rings is 2. The molecule has 0 spiro atoms. The first-order valence-corrected chi connectivity index (χ1v) is 22.2. The van der Waals surface area contributed by atoms with Gasteiger partial charge in [0.25, 0.3) is 11.5 Å². The topological polar surface area (TPSA) is 145 Å². The molecule has 8 aromatic rings. The van der Waals surface area contributed by atoms with Crippen LogP contribution in [0.3, 0.4) is 0 Å². The number of hydrogen-bond donors (Lipinski definition) is 1. The Morgan fingerprint density at radius 2 is 1.11 bits per heavy atom. The first-order chi connectivity index (χ1) is 34.1. The lowest BCUT2D eigenvalue weighted by Crippen LogP contribution is -2.30. The zero-order valence-corrected chi connectivity index (χ0v) is 41.3. The van der Waals surface area contributed by atoms with Gasteiger partial charge in [-0.2, -0.15) is 5.26 Å². The number of nitrogens with one attached hydrogen (secondary N) is 1. The molecule has 2 aromatic heterocycles. The van der Waals surface area contributed by atoms with E-state index in [1.54, 1.807) is 63.8 Å². The average molecular weight is 989 g/mol. The number of carbonyl (C=O) groups excluding carboxylic acids is 1. The summed E-state index contributed by atoms with van der Waals surface area (Å²) in [5.41, 5.74) is 4.10. The molecule has 0 radical (unpaired) electrons. The number of nitrogens with zero attached hydrogens (tertiary/aromatic N) is 3. The molecule has 2 heterocycles. The zero-order valence-electron chi connectivity index (χ0n) is 40.6. The van der Waals surface area contributed by atoms with Gasteiger partial charge in [-0.15, -0.1) is 0 Å². The smallest absolute Gasteiger partial charge is 0.256 e. The summed E-state index contributed by atoms with van der Waals surface area (Å²) < 4.78 is 70.4. The van der Waals surface area contributed by atoms with Crippen LogP contribution in [-0.2, 0) is 0 Å².